The lowest BCUT2D eigenvalue weighted by Crippen LogP contribution is -2.13. The Morgan fingerprint density at radius 1 is 0.935 bits per heavy atom. The van der Waals surface area contributed by atoms with Crippen molar-refractivity contribution in [2.75, 3.05) is 32.2 Å². The van der Waals surface area contributed by atoms with Crippen LogP contribution in [0.4, 0.5) is 6.01 Å². The van der Waals surface area contributed by atoms with Crippen LogP contribution in [-0.4, -0.2) is 43.0 Å². The van der Waals surface area contributed by atoms with Crippen LogP contribution < -0.4 is 24.3 Å². The molecule has 3 aromatic rings. The zero-order valence-electron chi connectivity index (χ0n) is 17.9. The lowest BCUT2D eigenvalue weighted by Gasteiger charge is -2.16. The van der Waals surface area contributed by atoms with Gasteiger partial charge in [0.15, 0.2) is 11.5 Å². The highest BCUT2D eigenvalue weighted by Gasteiger charge is 2.20. The Balaban J connectivity index is 1.89. The summed E-state index contributed by atoms with van der Waals surface area (Å²) in [5.41, 5.74) is 0.920. The first-order valence-electron chi connectivity index (χ1n) is 9.95. The van der Waals surface area contributed by atoms with Gasteiger partial charge in [0.25, 0.3) is 5.91 Å². The molecular formula is C22H25N3O6. The van der Waals surface area contributed by atoms with Crippen molar-refractivity contribution in [2.45, 2.75) is 20.8 Å². The molecule has 0 fully saturated rings. The van der Waals surface area contributed by atoms with Crippen molar-refractivity contribution in [2.24, 2.45) is 0 Å². The number of hydrogen-bond donors (Lipinski definition) is 1. The Morgan fingerprint density at radius 2 is 1.58 bits per heavy atom. The van der Waals surface area contributed by atoms with Crippen LogP contribution in [0, 0.1) is 0 Å². The van der Waals surface area contributed by atoms with Crippen molar-refractivity contribution in [3.8, 4) is 34.5 Å². The Bertz CT molecular complexity index is 1010. The van der Waals surface area contributed by atoms with Crippen molar-refractivity contribution in [3.05, 3.63) is 42.0 Å². The van der Waals surface area contributed by atoms with E-state index in [0.29, 0.717) is 53.9 Å². The van der Waals surface area contributed by atoms with Gasteiger partial charge in [-0.25, -0.2) is 0 Å². The topological polar surface area (TPSA) is 105 Å². The summed E-state index contributed by atoms with van der Waals surface area (Å²) in [5.74, 6) is 1.73. The molecule has 1 aromatic heterocycles. The van der Waals surface area contributed by atoms with E-state index in [1.807, 2.05) is 20.8 Å². The molecule has 1 amide bonds. The minimum Gasteiger partial charge on any atom is -0.496 e. The van der Waals surface area contributed by atoms with Crippen molar-refractivity contribution in [1.29, 1.82) is 0 Å². The molecule has 0 atom stereocenters. The summed E-state index contributed by atoms with van der Waals surface area (Å²) in [7, 11) is 1.49. The van der Waals surface area contributed by atoms with Crippen LogP contribution in [0.25, 0.3) is 11.5 Å². The fourth-order valence-corrected chi connectivity index (χ4v) is 2.90. The molecule has 1 heterocycles. The normalized spacial score (nSPS) is 10.5. The Labute approximate surface area is 180 Å². The summed E-state index contributed by atoms with van der Waals surface area (Å²) < 4.78 is 28.0. The third kappa shape index (κ3) is 5.06. The number of amides is 1. The molecule has 164 valence electrons. The van der Waals surface area contributed by atoms with E-state index in [-0.39, 0.29) is 11.9 Å². The van der Waals surface area contributed by atoms with Crippen molar-refractivity contribution >= 4 is 11.9 Å². The number of carbonyl (C=O) groups excluding carboxylic acids is 1. The highest BCUT2D eigenvalue weighted by atomic mass is 16.5. The van der Waals surface area contributed by atoms with E-state index in [4.69, 9.17) is 23.4 Å². The number of nitrogens with one attached hydrogen (secondary N) is 1. The first-order valence-corrected chi connectivity index (χ1v) is 9.95. The quantitative estimate of drug-likeness (QED) is 0.513. The molecular weight excluding hydrogens is 402 g/mol. The zero-order valence-corrected chi connectivity index (χ0v) is 17.9. The van der Waals surface area contributed by atoms with E-state index in [1.165, 1.54) is 7.11 Å². The van der Waals surface area contributed by atoms with Gasteiger partial charge >= 0.3 is 6.01 Å². The highest BCUT2D eigenvalue weighted by Crippen LogP contribution is 2.41. The maximum atomic E-state index is 12.6. The van der Waals surface area contributed by atoms with E-state index in [9.17, 15) is 4.79 Å². The number of methoxy groups -OCH3 is 1. The minimum absolute atomic E-state index is 0.0456. The van der Waals surface area contributed by atoms with Crippen LogP contribution in [0.3, 0.4) is 0 Å². The molecule has 9 heteroatoms. The largest absolute Gasteiger partial charge is 0.496 e. The molecule has 2 aromatic carbocycles. The fourth-order valence-electron chi connectivity index (χ4n) is 2.90. The standard InChI is InChI=1S/C22H25N3O6/c1-5-28-17-12-14(13-18(29-6-2)19(17)30-7-3)21-24-25-22(31-21)23-20(26)15-10-8-9-11-16(15)27-4/h8-13H,5-7H2,1-4H3,(H,23,25,26). The minimum atomic E-state index is -0.427. The van der Waals surface area contributed by atoms with Crippen molar-refractivity contribution < 1.29 is 28.2 Å². The molecule has 0 bridgehead atoms. The van der Waals surface area contributed by atoms with Crippen LogP contribution in [0.1, 0.15) is 31.1 Å². The van der Waals surface area contributed by atoms with Gasteiger partial charge in [-0.2, -0.15) is 0 Å². The van der Waals surface area contributed by atoms with Crippen molar-refractivity contribution in [3.63, 3.8) is 0 Å². The summed E-state index contributed by atoms with van der Waals surface area (Å²) in [6, 6.07) is 10.3. The third-order valence-corrected chi connectivity index (χ3v) is 4.15. The molecule has 0 aliphatic heterocycles. The van der Waals surface area contributed by atoms with E-state index in [1.54, 1.807) is 36.4 Å². The number of benzene rings is 2. The molecule has 1 N–H and O–H groups in total. The number of ether oxygens (including phenoxy) is 4. The Kier molecular flexibility index (Phi) is 7.31. The first-order chi connectivity index (χ1) is 15.1. The van der Waals surface area contributed by atoms with E-state index < -0.39 is 5.91 Å². The number of aromatic nitrogens is 2. The summed E-state index contributed by atoms with van der Waals surface area (Å²) >= 11 is 0. The van der Waals surface area contributed by atoms with Crippen molar-refractivity contribution in [1.82, 2.24) is 10.2 Å². The van der Waals surface area contributed by atoms with E-state index >= 15 is 0 Å². The summed E-state index contributed by atoms with van der Waals surface area (Å²) in [4.78, 5) is 12.6. The van der Waals surface area contributed by atoms with Crippen LogP contribution in [-0.2, 0) is 0 Å². The average Bonchev–Trinajstić information content (AvgIpc) is 3.24. The summed E-state index contributed by atoms with van der Waals surface area (Å²) in [5, 5.41) is 10.5. The van der Waals surface area contributed by atoms with E-state index in [2.05, 4.69) is 15.5 Å². The fraction of sp³-hybridized carbons (Fsp3) is 0.318. The van der Waals surface area contributed by atoms with Crippen LogP contribution in [0.2, 0.25) is 0 Å². The number of hydrogen-bond acceptors (Lipinski definition) is 8. The molecule has 0 spiro atoms. The second-order valence-corrected chi connectivity index (χ2v) is 6.17. The summed E-state index contributed by atoms with van der Waals surface area (Å²) in [6.07, 6.45) is 0. The van der Waals surface area contributed by atoms with Gasteiger partial charge in [-0.15, -0.1) is 5.10 Å². The van der Waals surface area contributed by atoms with Crippen LogP contribution in [0.5, 0.6) is 23.0 Å². The summed E-state index contributed by atoms with van der Waals surface area (Å²) in [6.45, 7) is 6.98. The number of rotatable bonds is 10. The molecule has 31 heavy (non-hydrogen) atoms. The van der Waals surface area contributed by atoms with Crippen LogP contribution in [0.15, 0.2) is 40.8 Å². The van der Waals surface area contributed by atoms with Gasteiger partial charge in [0.1, 0.15) is 5.75 Å². The van der Waals surface area contributed by atoms with Gasteiger partial charge in [-0.05, 0) is 45.0 Å². The van der Waals surface area contributed by atoms with Gasteiger partial charge in [0.05, 0.1) is 32.5 Å². The van der Waals surface area contributed by atoms with Gasteiger partial charge < -0.3 is 23.4 Å². The van der Waals surface area contributed by atoms with Crippen LogP contribution >= 0.6 is 0 Å². The maximum Gasteiger partial charge on any atom is 0.322 e. The predicted molar refractivity (Wildman–Crippen MR) is 114 cm³/mol. The zero-order chi connectivity index (χ0) is 22.2. The molecule has 0 unspecified atom stereocenters. The van der Waals surface area contributed by atoms with Gasteiger partial charge in [-0.3, -0.25) is 10.1 Å². The number of para-hydroxylation sites is 1. The second kappa shape index (κ2) is 10.3. The molecule has 0 saturated heterocycles. The second-order valence-electron chi connectivity index (χ2n) is 6.17. The molecule has 3 rings (SSSR count). The first kappa shape index (κ1) is 21.9. The molecule has 0 saturated carbocycles. The molecule has 0 aliphatic rings. The number of carbonyl (C=O) groups is 1. The van der Waals surface area contributed by atoms with Gasteiger partial charge in [0, 0.05) is 5.56 Å². The molecule has 0 aliphatic carbocycles. The lowest BCUT2D eigenvalue weighted by molar-refractivity contribution is 0.102. The smallest absolute Gasteiger partial charge is 0.322 e. The number of nitrogens with zero attached hydrogens (tertiary/aromatic N) is 2. The Morgan fingerprint density at radius 3 is 2.19 bits per heavy atom. The lowest BCUT2D eigenvalue weighted by atomic mass is 10.2. The average molecular weight is 427 g/mol. The SMILES string of the molecule is CCOc1cc(-c2nnc(NC(=O)c3ccccc3OC)o2)cc(OCC)c1OCC. The van der Waals surface area contributed by atoms with Gasteiger partial charge in [-0.1, -0.05) is 17.2 Å². The monoisotopic (exact) mass is 427 g/mol. The number of anilines is 1. The highest BCUT2D eigenvalue weighted by molar-refractivity contribution is 6.05. The maximum absolute atomic E-state index is 12.6. The van der Waals surface area contributed by atoms with E-state index in [0.717, 1.165) is 0 Å². The van der Waals surface area contributed by atoms with Gasteiger partial charge in [0.2, 0.25) is 11.6 Å². The third-order valence-electron chi connectivity index (χ3n) is 4.15. The molecule has 0 radical (unpaired) electrons. The Hall–Kier alpha value is -3.75. The predicted octanol–water partition coefficient (Wildman–Crippen LogP) is 4.19. The molecule has 9 nitrogen and oxygen atoms in total.